The maximum absolute atomic E-state index is 13.0. The molecular weight excluding hydrogens is 443 g/mol. The molecule has 0 fully saturated rings. The number of ketones is 1. The van der Waals surface area contributed by atoms with Crippen molar-refractivity contribution >= 4 is 29.0 Å². The number of halogens is 1. The largest absolute Gasteiger partial charge is 0.447 e. The third-order valence-electron chi connectivity index (χ3n) is 4.92. The Bertz CT molecular complexity index is 1210. The number of ether oxygens (including phenoxy) is 1. The number of esters is 1. The van der Waals surface area contributed by atoms with Crippen LogP contribution in [0.3, 0.4) is 0 Å². The molecule has 3 aromatic rings. The van der Waals surface area contributed by atoms with Gasteiger partial charge in [0.1, 0.15) is 11.5 Å². The first kappa shape index (κ1) is 24.2. The minimum absolute atomic E-state index is 0.0379. The molecule has 3 aromatic carbocycles. The first-order chi connectivity index (χ1) is 16.2. The van der Waals surface area contributed by atoms with Crippen molar-refractivity contribution in [2.75, 3.05) is 5.32 Å². The van der Waals surface area contributed by atoms with E-state index in [1.807, 2.05) is 0 Å². The number of rotatable bonds is 9. The molecule has 0 spiro atoms. The molecule has 174 valence electrons. The van der Waals surface area contributed by atoms with Crippen LogP contribution in [0.4, 0.5) is 15.8 Å². The van der Waals surface area contributed by atoms with Gasteiger partial charge in [0.15, 0.2) is 5.78 Å². The molecule has 1 atom stereocenters. The molecule has 0 unspecified atom stereocenters. The van der Waals surface area contributed by atoms with Gasteiger partial charge >= 0.3 is 5.97 Å². The fourth-order valence-corrected chi connectivity index (χ4v) is 3.18. The number of benzene rings is 3. The number of carbonyl (C=O) groups is 3. The predicted octanol–water partition coefficient (Wildman–Crippen LogP) is 4.93. The Balaban J connectivity index is 1.73. The normalized spacial score (nSPS) is 11.4. The number of carbonyl (C=O) groups excluding carboxylic acids is 3. The van der Waals surface area contributed by atoms with Crippen LogP contribution in [0, 0.1) is 22.9 Å². The molecule has 0 bridgehead atoms. The molecule has 8 nitrogen and oxygen atoms in total. The number of nitro benzene ring substituents is 1. The third-order valence-corrected chi connectivity index (χ3v) is 4.92. The average Bonchev–Trinajstić information content (AvgIpc) is 2.83. The second-order valence-corrected chi connectivity index (χ2v) is 7.48. The average molecular weight is 464 g/mol. The summed E-state index contributed by atoms with van der Waals surface area (Å²) in [6.45, 7) is 1.68. The van der Waals surface area contributed by atoms with E-state index in [0.717, 1.165) is 12.1 Å². The fourth-order valence-electron chi connectivity index (χ4n) is 3.18. The first-order valence-corrected chi connectivity index (χ1v) is 10.3. The van der Waals surface area contributed by atoms with Crippen LogP contribution in [0.5, 0.6) is 0 Å². The monoisotopic (exact) mass is 464 g/mol. The number of nitro groups is 1. The van der Waals surface area contributed by atoms with Crippen LogP contribution in [0.1, 0.15) is 40.4 Å². The molecule has 0 heterocycles. The second-order valence-electron chi connectivity index (χ2n) is 7.48. The van der Waals surface area contributed by atoms with Crippen molar-refractivity contribution in [2.24, 2.45) is 0 Å². The van der Waals surface area contributed by atoms with Crippen molar-refractivity contribution in [3.8, 4) is 0 Å². The third kappa shape index (κ3) is 6.32. The minimum atomic E-state index is -1.39. The van der Waals surface area contributed by atoms with Crippen molar-refractivity contribution in [1.82, 2.24) is 0 Å². The molecule has 1 N–H and O–H groups in total. The Labute approximate surface area is 194 Å². The Hall–Kier alpha value is -4.40. The molecule has 0 saturated heterocycles. The number of amides is 1. The number of anilines is 1. The predicted molar refractivity (Wildman–Crippen MR) is 122 cm³/mol. The first-order valence-electron chi connectivity index (χ1n) is 10.3. The number of hydrogen-bond donors (Lipinski definition) is 1. The van der Waals surface area contributed by atoms with Crippen molar-refractivity contribution in [3.05, 3.63) is 105 Å². The highest BCUT2D eigenvalue weighted by atomic mass is 19.1. The van der Waals surface area contributed by atoms with E-state index >= 15 is 0 Å². The van der Waals surface area contributed by atoms with E-state index in [0.29, 0.717) is 11.1 Å². The highest BCUT2D eigenvalue weighted by Crippen LogP contribution is 2.28. The lowest BCUT2D eigenvalue weighted by Crippen LogP contribution is -2.26. The molecule has 0 aliphatic heterocycles. The quantitative estimate of drug-likeness (QED) is 0.208. The van der Waals surface area contributed by atoms with Crippen molar-refractivity contribution < 1.29 is 28.4 Å². The van der Waals surface area contributed by atoms with E-state index in [1.54, 1.807) is 43.3 Å². The number of hydrogen-bond acceptors (Lipinski definition) is 6. The van der Waals surface area contributed by atoms with Crippen LogP contribution in [0.15, 0.2) is 72.8 Å². The van der Waals surface area contributed by atoms with E-state index in [4.69, 9.17) is 4.74 Å². The summed E-state index contributed by atoms with van der Waals surface area (Å²) < 4.78 is 18.4. The molecule has 34 heavy (non-hydrogen) atoms. The van der Waals surface area contributed by atoms with Gasteiger partial charge in [0.2, 0.25) is 6.10 Å². The lowest BCUT2D eigenvalue weighted by molar-refractivity contribution is -0.384. The summed E-state index contributed by atoms with van der Waals surface area (Å²) in [5, 5.41) is 13.8. The van der Waals surface area contributed by atoms with Crippen LogP contribution < -0.4 is 5.32 Å². The van der Waals surface area contributed by atoms with Gasteiger partial charge in [-0.15, -0.1) is 0 Å². The van der Waals surface area contributed by atoms with E-state index < -0.39 is 28.7 Å². The highest BCUT2D eigenvalue weighted by molar-refractivity contribution is 5.99. The van der Waals surface area contributed by atoms with Gasteiger partial charge in [0, 0.05) is 23.6 Å². The number of aryl methyl sites for hydroxylation is 1. The second kappa shape index (κ2) is 11.0. The van der Waals surface area contributed by atoms with Gasteiger partial charge in [0.05, 0.1) is 11.3 Å². The zero-order valence-corrected chi connectivity index (χ0v) is 18.2. The highest BCUT2D eigenvalue weighted by Gasteiger charge is 2.27. The van der Waals surface area contributed by atoms with E-state index in [1.165, 1.54) is 24.3 Å². The summed E-state index contributed by atoms with van der Waals surface area (Å²) in [5.41, 5.74) is 0.910. The summed E-state index contributed by atoms with van der Waals surface area (Å²) >= 11 is 0. The fraction of sp³-hybridized carbons (Fsp3) is 0.160. The van der Waals surface area contributed by atoms with E-state index in [2.05, 4.69) is 5.32 Å². The van der Waals surface area contributed by atoms with E-state index in [9.17, 15) is 28.9 Å². The Morgan fingerprint density at radius 2 is 1.68 bits per heavy atom. The Kier molecular flexibility index (Phi) is 7.81. The lowest BCUT2D eigenvalue weighted by atomic mass is 10.1. The molecule has 0 radical (unpaired) electrons. The minimum Gasteiger partial charge on any atom is -0.447 e. The summed E-state index contributed by atoms with van der Waals surface area (Å²) in [5.74, 6) is -2.45. The molecule has 0 aliphatic rings. The van der Waals surface area contributed by atoms with Crippen LogP contribution in [-0.2, 0) is 14.3 Å². The van der Waals surface area contributed by atoms with Gasteiger partial charge in [-0.1, -0.05) is 36.4 Å². The Morgan fingerprint density at radius 3 is 2.32 bits per heavy atom. The van der Waals surface area contributed by atoms with Gasteiger partial charge in [-0.25, -0.2) is 4.39 Å². The summed E-state index contributed by atoms with van der Waals surface area (Å²) in [4.78, 5) is 48.5. The zero-order valence-electron chi connectivity index (χ0n) is 18.2. The topological polar surface area (TPSA) is 116 Å². The van der Waals surface area contributed by atoms with Crippen molar-refractivity contribution in [2.45, 2.75) is 25.9 Å². The van der Waals surface area contributed by atoms with Gasteiger partial charge in [-0.05, 0) is 42.8 Å². The van der Waals surface area contributed by atoms with Gasteiger partial charge in [0.25, 0.3) is 11.6 Å². The van der Waals surface area contributed by atoms with Crippen LogP contribution in [0.25, 0.3) is 0 Å². The van der Waals surface area contributed by atoms with Gasteiger partial charge in [-0.2, -0.15) is 0 Å². The standard InChI is InChI=1S/C25H21FN2O6/c1-16-7-12-20(21(15-16)28(32)33)27-25(31)24(18-5-3-2-4-6-18)34-23(30)14-13-22(29)17-8-10-19(26)11-9-17/h2-12,15,24H,13-14H2,1H3,(H,27,31)/t24-/m1/s1. The Morgan fingerprint density at radius 1 is 1.00 bits per heavy atom. The summed E-state index contributed by atoms with van der Waals surface area (Å²) in [6, 6.07) is 17.4. The van der Waals surface area contributed by atoms with Crippen LogP contribution in [-0.4, -0.2) is 22.6 Å². The number of nitrogens with one attached hydrogen (secondary N) is 1. The SMILES string of the molecule is Cc1ccc(NC(=O)[C@H](OC(=O)CCC(=O)c2ccc(F)cc2)c2ccccc2)c([N+](=O)[O-])c1. The smallest absolute Gasteiger partial charge is 0.307 e. The zero-order chi connectivity index (χ0) is 24.7. The van der Waals surface area contributed by atoms with E-state index in [-0.39, 0.29) is 35.6 Å². The van der Waals surface area contributed by atoms with Gasteiger partial charge in [-0.3, -0.25) is 24.5 Å². The van der Waals surface area contributed by atoms with Crippen molar-refractivity contribution in [3.63, 3.8) is 0 Å². The molecule has 9 heteroatoms. The molecule has 0 saturated carbocycles. The molecule has 0 aliphatic carbocycles. The lowest BCUT2D eigenvalue weighted by Gasteiger charge is -2.18. The molecule has 0 aromatic heterocycles. The molecule has 1 amide bonds. The summed E-state index contributed by atoms with van der Waals surface area (Å²) in [7, 11) is 0. The maximum atomic E-state index is 13.0. The summed E-state index contributed by atoms with van der Waals surface area (Å²) in [6.07, 6.45) is -1.90. The van der Waals surface area contributed by atoms with Crippen molar-refractivity contribution in [1.29, 1.82) is 0 Å². The maximum Gasteiger partial charge on any atom is 0.307 e. The number of Topliss-reactive ketones (excluding diaryl/α,β-unsaturated/α-hetero) is 1. The van der Waals surface area contributed by atoms with Gasteiger partial charge < -0.3 is 10.1 Å². The number of nitrogens with zero attached hydrogens (tertiary/aromatic N) is 1. The molecular formula is C25H21FN2O6. The molecule has 3 rings (SSSR count). The van der Waals surface area contributed by atoms with Crippen LogP contribution in [0.2, 0.25) is 0 Å². The van der Waals surface area contributed by atoms with Crippen LogP contribution >= 0.6 is 0 Å².